The maximum Gasteiger partial charge on any atom is 0.328 e. The summed E-state index contributed by atoms with van der Waals surface area (Å²) in [4.78, 5) is 40.6. The van der Waals surface area contributed by atoms with Crippen LogP contribution >= 0.6 is 12.2 Å². The number of carbonyl (C=O) groups is 2. The van der Waals surface area contributed by atoms with Crippen LogP contribution in [0.1, 0.15) is 24.2 Å². The third-order valence-electron chi connectivity index (χ3n) is 2.99. The third-order valence-corrected chi connectivity index (χ3v) is 3.19. The summed E-state index contributed by atoms with van der Waals surface area (Å²) in [6.07, 6.45) is 0. The van der Waals surface area contributed by atoms with Crippen LogP contribution in [-0.2, 0) is 9.53 Å². The van der Waals surface area contributed by atoms with Crippen molar-refractivity contribution in [3.8, 4) is 0 Å². The maximum atomic E-state index is 12.1. The van der Waals surface area contributed by atoms with Gasteiger partial charge in [0.2, 0.25) is 0 Å². The van der Waals surface area contributed by atoms with E-state index in [1.165, 1.54) is 25.1 Å². The second kappa shape index (κ2) is 6.52. The van der Waals surface area contributed by atoms with Gasteiger partial charge in [-0.05, 0) is 44.3 Å². The van der Waals surface area contributed by atoms with Gasteiger partial charge in [0.05, 0.1) is 17.5 Å². The van der Waals surface area contributed by atoms with Crippen molar-refractivity contribution in [3.05, 3.63) is 38.9 Å². The molecule has 0 saturated heterocycles. The van der Waals surface area contributed by atoms with E-state index in [-0.39, 0.29) is 16.9 Å². The zero-order valence-corrected chi connectivity index (χ0v) is 12.9. The van der Waals surface area contributed by atoms with Crippen molar-refractivity contribution < 1.29 is 14.3 Å². The monoisotopic (exact) mass is 321 g/mol. The number of amides is 1. The van der Waals surface area contributed by atoms with Crippen molar-refractivity contribution in [1.29, 1.82) is 0 Å². The van der Waals surface area contributed by atoms with Crippen LogP contribution in [-0.4, -0.2) is 34.5 Å². The lowest BCUT2D eigenvalue weighted by Gasteiger charge is -2.12. The summed E-state index contributed by atoms with van der Waals surface area (Å²) in [6.45, 7) is 3.47. The predicted octanol–water partition coefficient (Wildman–Crippen LogP) is 1.27. The lowest BCUT2D eigenvalue weighted by Crippen LogP contribution is -2.39. The van der Waals surface area contributed by atoms with Crippen LogP contribution in [0.4, 0.5) is 0 Å². The van der Waals surface area contributed by atoms with E-state index in [1.54, 1.807) is 6.92 Å². The van der Waals surface area contributed by atoms with Crippen LogP contribution in [0.25, 0.3) is 10.9 Å². The molecule has 0 fully saturated rings. The second-order valence-electron chi connectivity index (χ2n) is 4.62. The molecule has 7 nitrogen and oxygen atoms in total. The Hall–Kier alpha value is -2.48. The van der Waals surface area contributed by atoms with Crippen LogP contribution in [0.5, 0.6) is 0 Å². The minimum absolute atomic E-state index is 0.176. The molecule has 2 aromatic rings. The quantitative estimate of drug-likeness (QED) is 0.581. The minimum Gasteiger partial charge on any atom is -0.464 e. The molecular weight excluding hydrogens is 306 g/mol. The van der Waals surface area contributed by atoms with Crippen molar-refractivity contribution in [1.82, 2.24) is 15.3 Å². The zero-order valence-electron chi connectivity index (χ0n) is 12.1. The van der Waals surface area contributed by atoms with Gasteiger partial charge in [-0.2, -0.15) is 0 Å². The number of nitrogens with one attached hydrogen (secondary N) is 3. The van der Waals surface area contributed by atoms with E-state index in [0.717, 1.165) is 0 Å². The molecular formula is C14H15N3O4S. The Morgan fingerprint density at radius 3 is 2.77 bits per heavy atom. The highest BCUT2D eigenvalue weighted by Gasteiger charge is 2.17. The number of aromatic nitrogens is 2. The van der Waals surface area contributed by atoms with Gasteiger partial charge in [0, 0.05) is 5.56 Å². The summed E-state index contributed by atoms with van der Waals surface area (Å²) < 4.78 is 5.00. The number of ether oxygens (including phenoxy) is 1. The van der Waals surface area contributed by atoms with E-state index in [1.807, 2.05) is 0 Å². The third kappa shape index (κ3) is 3.40. The standard InChI is InChI=1S/C14H15N3O4S/c1-3-21-13(20)7(2)15-11(18)8-4-5-9-10(6-8)16-14(22)17-12(9)19/h4-7H,3H2,1-2H3,(H,15,18)(H2,16,17,19,22)/t7-/m1/s1. The average molecular weight is 321 g/mol. The summed E-state index contributed by atoms with van der Waals surface area (Å²) in [5.74, 6) is -0.949. The molecule has 0 aliphatic rings. The van der Waals surface area contributed by atoms with Gasteiger partial charge < -0.3 is 15.0 Å². The molecule has 0 radical (unpaired) electrons. The summed E-state index contributed by atoms with van der Waals surface area (Å²) in [5.41, 5.74) is 0.427. The highest BCUT2D eigenvalue weighted by atomic mass is 32.1. The summed E-state index contributed by atoms with van der Waals surface area (Å²) in [5, 5.41) is 2.93. The highest BCUT2D eigenvalue weighted by Crippen LogP contribution is 2.10. The lowest BCUT2D eigenvalue weighted by molar-refractivity contribution is -0.144. The second-order valence-corrected chi connectivity index (χ2v) is 5.02. The Balaban J connectivity index is 2.27. The summed E-state index contributed by atoms with van der Waals surface area (Å²) in [7, 11) is 0. The van der Waals surface area contributed by atoms with Crippen LogP contribution in [0, 0.1) is 4.77 Å². The van der Waals surface area contributed by atoms with E-state index in [9.17, 15) is 14.4 Å². The van der Waals surface area contributed by atoms with E-state index in [4.69, 9.17) is 17.0 Å². The lowest BCUT2D eigenvalue weighted by atomic mass is 10.1. The molecule has 0 unspecified atom stereocenters. The average Bonchev–Trinajstić information content (AvgIpc) is 2.46. The maximum absolute atomic E-state index is 12.1. The van der Waals surface area contributed by atoms with Gasteiger partial charge in [-0.25, -0.2) is 4.79 Å². The molecule has 1 atom stereocenters. The van der Waals surface area contributed by atoms with Crippen molar-refractivity contribution in [2.45, 2.75) is 19.9 Å². The number of benzene rings is 1. The molecule has 22 heavy (non-hydrogen) atoms. The smallest absolute Gasteiger partial charge is 0.328 e. The molecule has 0 aliphatic carbocycles. The number of rotatable bonds is 4. The molecule has 2 rings (SSSR count). The van der Waals surface area contributed by atoms with E-state index in [0.29, 0.717) is 16.5 Å². The van der Waals surface area contributed by atoms with E-state index in [2.05, 4.69) is 15.3 Å². The fraction of sp³-hybridized carbons (Fsp3) is 0.286. The number of carbonyl (C=O) groups excluding carboxylic acids is 2. The van der Waals surface area contributed by atoms with Gasteiger partial charge in [-0.15, -0.1) is 0 Å². The van der Waals surface area contributed by atoms with E-state index >= 15 is 0 Å². The molecule has 0 spiro atoms. The molecule has 1 heterocycles. The van der Waals surface area contributed by atoms with Crippen molar-refractivity contribution in [2.75, 3.05) is 6.61 Å². The van der Waals surface area contributed by atoms with Gasteiger partial charge in [0.25, 0.3) is 11.5 Å². The first-order valence-corrected chi connectivity index (χ1v) is 7.07. The van der Waals surface area contributed by atoms with Gasteiger partial charge in [-0.1, -0.05) is 0 Å². The normalized spacial score (nSPS) is 11.9. The van der Waals surface area contributed by atoms with Crippen LogP contribution in [0.3, 0.4) is 0 Å². The minimum atomic E-state index is -0.763. The molecule has 3 N–H and O–H groups in total. The number of aromatic amines is 2. The van der Waals surface area contributed by atoms with Gasteiger partial charge in [0.15, 0.2) is 4.77 Å². The topological polar surface area (TPSA) is 104 Å². The summed E-state index contributed by atoms with van der Waals surface area (Å²) >= 11 is 4.90. The van der Waals surface area contributed by atoms with Crippen LogP contribution in [0.15, 0.2) is 23.0 Å². The van der Waals surface area contributed by atoms with Crippen molar-refractivity contribution in [3.63, 3.8) is 0 Å². The Labute approximate surface area is 130 Å². The fourth-order valence-electron chi connectivity index (χ4n) is 1.92. The molecule has 0 bridgehead atoms. The number of hydrogen-bond donors (Lipinski definition) is 3. The van der Waals surface area contributed by atoms with Gasteiger partial charge in [0.1, 0.15) is 6.04 Å². The van der Waals surface area contributed by atoms with Crippen LogP contribution in [0.2, 0.25) is 0 Å². The number of H-pyrrole nitrogens is 2. The molecule has 1 aromatic heterocycles. The largest absolute Gasteiger partial charge is 0.464 e. The Morgan fingerprint density at radius 2 is 2.09 bits per heavy atom. The Morgan fingerprint density at radius 1 is 1.36 bits per heavy atom. The molecule has 116 valence electrons. The molecule has 1 aromatic carbocycles. The summed E-state index contributed by atoms with van der Waals surface area (Å²) in [6, 6.07) is 3.76. The molecule has 0 aliphatic heterocycles. The highest BCUT2D eigenvalue weighted by molar-refractivity contribution is 7.71. The number of esters is 1. The number of hydrogen-bond acceptors (Lipinski definition) is 5. The van der Waals surface area contributed by atoms with Crippen molar-refractivity contribution >= 4 is 35.0 Å². The predicted molar refractivity (Wildman–Crippen MR) is 83.3 cm³/mol. The molecule has 0 saturated carbocycles. The Kier molecular flexibility index (Phi) is 4.71. The van der Waals surface area contributed by atoms with Crippen molar-refractivity contribution in [2.24, 2.45) is 0 Å². The zero-order chi connectivity index (χ0) is 16.3. The first kappa shape index (κ1) is 15.9. The van der Waals surface area contributed by atoms with Crippen LogP contribution < -0.4 is 10.9 Å². The number of fused-ring (bicyclic) bond motifs is 1. The van der Waals surface area contributed by atoms with E-state index < -0.39 is 17.9 Å². The van der Waals surface area contributed by atoms with Gasteiger partial charge in [-0.3, -0.25) is 14.6 Å². The molecule has 1 amide bonds. The Bertz CT molecular complexity index is 840. The first-order valence-electron chi connectivity index (χ1n) is 6.66. The molecule has 8 heteroatoms. The fourth-order valence-corrected chi connectivity index (χ4v) is 2.12. The first-order chi connectivity index (χ1) is 10.4. The SMILES string of the molecule is CCOC(=O)[C@@H](C)NC(=O)c1ccc2c(=O)[nH]c(=S)[nH]c2c1. The van der Waals surface area contributed by atoms with Gasteiger partial charge >= 0.3 is 5.97 Å².